The van der Waals surface area contributed by atoms with Crippen molar-refractivity contribution in [1.29, 1.82) is 0 Å². The molecular weight excluding hydrogens is 162 g/mol. The summed E-state index contributed by atoms with van der Waals surface area (Å²) in [5.41, 5.74) is 1.43. The van der Waals surface area contributed by atoms with E-state index >= 15 is 0 Å². The van der Waals surface area contributed by atoms with Crippen molar-refractivity contribution >= 4 is 0 Å². The van der Waals surface area contributed by atoms with Gasteiger partial charge in [-0.15, -0.1) is 0 Å². The van der Waals surface area contributed by atoms with Gasteiger partial charge in [0.05, 0.1) is 13.2 Å². The van der Waals surface area contributed by atoms with E-state index < -0.39 is 0 Å². The molecule has 1 heterocycles. The van der Waals surface area contributed by atoms with Crippen molar-refractivity contribution in [2.45, 2.75) is 32.2 Å². The van der Waals surface area contributed by atoms with E-state index in [1.807, 2.05) is 0 Å². The smallest absolute Gasteiger partial charge is 0.0689 e. The van der Waals surface area contributed by atoms with Crippen LogP contribution in [0.2, 0.25) is 0 Å². The maximum atomic E-state index is 5.38. The molecule has 2 nitrogen and oxygen atoms in total. The zero-order chi connectivity index (χ0) is 9.10. The molecule has 0 aromatic heterocycles. The fourth-order valence-electron chi connectivity index (χ4n) is 1.79. The molecule has 1 saturated carbocycles. The van der Waals surface area contributed by atoms with Crippen LogP contribution in [-0.4, -0.2) is 25.8 Å². The van der Waals surface area contributed by atoms with E-state index in [-0.39, 0.29) is 0 Å². The predicted molar refractivity (Wildman–Crippen MR) is 53.7 cm³/mol. The fourth-order valence-corrected chi connectivity index (χ4v) is 1.79. The molecule has 0 saturated heterocycles. The third kappa shape index (κ3) is 2.82. The normalized spacial score (nSPS) is 25.5. The number of hydrogen-bond acceptors (Lipinski definition) is 2. The largest absolute Gasteiger partial charge is 0.377 e. The summed E-state index contributed by atoms with van der Waals surface area (Å²) in [6.07, 6.45) is 6.25. The zero-order valence-corrected chi connectivity index (χ0v) is 8.38. The summed E-state index contributed by atoms with van der Waals surface area (Å²) in [5, 5.41) is 3.57. The Morgan fingerprint density at radius 3 is 3.08 bits per heavy atom. The molecule has 1 atom stereocenters. The maximum Gasteiger partial charge on any atom is 0.0689 e. The summed E-state index contributed by atoms with van der Waals surface area (Å²) in [6.45, 7) is 5.06. The van der Waals surface area contributed by atoms with Crippen LogP contribution < -0.4 is 5.32 Å². The van der Waals surface area contributed by atoms with E-state index in [1.54, 1.807) is 0 Å². The summed E-state index contributed by atoms with van der Waals surface area (Å²) in [6, 6.07) is 0.697. The number of nitrogens with one attached hydrogen (secondary N) is 1. The van der Waals surface area contributed by atoms with Gasteiger partial charge in [-0.05, 0) is 37.7 Å². The van der Waals surface area contributed by atoms with Crippen LogP contribution in [0.4, 0.5) is 0 Å². The van der Waals surface area contributed by atoms with Gasteiger partial charge in [0.1, 0.15) is 0 Å². The monoisotopic (exact) mass is 181 g/mol. The zero-order valence-electron chi connectivity index (χ0n) is 8.38. The highest BCUT2D eigenvalue weighted by atomic mass is 16.5. The van der Waals surface area contributed by atoms with Gasteiger partial charge >= 0.3 is 0 Å². The summed E-state index contributed by atoms with van der Waals surface area (Å²) >= 11 is 0. The molecule has 74 valence electrons. The van der Waals surface area contributed by atoms with Crippen LogP contribution in [0.3, 0.4) is 0 Å². The van der Waals surface area contributed by atoms with Gasteiger partial charge in [0.25, 0.3) is 0 Å². The average molecular weight is 181 g/mol. The van der Waals surface area contributed by atoms with Gasteiger partial charge in [0, 0.05) is 12.6 Å². The minimum absolute atomic E-state index is 0.697. The lowest BCUT2D eigenvalue weighted by Crippen LogP contribution is -2.31. The molecule has 2 aliphatic rings. The van der Waals surface area contributed by atoms with Crippen molar-refractivity contribution in [2.75, 3.05) is 19.8 Å². The van der Waals surface area contributed by atoms with E-state index in [0.29, 0.717) is 6.04 Å². The topological polar surface area (TPSA) is 21.3 Å². The Labute approximate surface area is 80.4 Å². The first-order chi connectivity index (χ1) is 6.36. The third-order valence-electron chi connectivity index (χ3n) is 2.96. The van der Waals surface area contributed by atoms with Gasteiger partial charge in [0.2, 0.25) is 0 Å². The Bertz CT molecular complexity index is 196. The maximum absolute atomic E-state index is 5.38. The second-order valence-corrected chi connectivity index (χ2v) is 4.21. The van der Waals surface area contributed by atoms with E-state index in [4.69, 9.17) is 4.74 Å². The van der Waals surface area contributed by atoms with Gasteiger partial charge in [-0.1, -0.05) is 6.08 Å². The quantitative estimate of drug-likeness (QED) is 0.667. The highest BCUT2D eigenvalue weighted by molar-refractivity contribution is 5.07. The second-order valence-electron chi connectivity index (χ2n) is 4.21. The fraction of sp³-hybridized carbons (Fsp3) is 0.818. The van der Waals surface area contributed by atoms with Gasteiger partial charge in [-0.2, -0.15) is 0 Å². The highest BCUT2D eigenvalue weighted by Gasteiger charge is 2.27. The Balaban J connectivity index is 1.68. The second kappa shape index (κ2) is 4.25. The van der Waals surface area contributed by atoms with Gasteiger partial charge < -0.3 is 10.1 Å². The molecule has 0 amide bonds. The molecule has 0 aromatic carbocycles. The van der Waals surface area contributed by atoms with Crippen LogP contribution in [0.15, 0.2) is 11.6 Å². The molecule has 1 fully saturated rings. The van der Waals surface area contributed by atoms with Gasteiger partial charge in [-0.3, -0.25) is 0 Å². The van der Waals surface area contributed by atoms with Crippen LogP contribution in [0, 0.1) is 5.92 Å². The van der Waals surface area contributed by atoms with Crippen molar-refractivity contribution in [2.24, 2.45) is 5.92 Å². The Morgan fingerprint density at radius 2 is 2.46 bits per heavy atom. The average Bonchev–Trinajstić information content (AvgIpc) is 2.99. The molecule has 1 aliphatic heterocycles. The van der Waals surface area contributed by atoms with E-state index in [9.17, 15) is 0 Å². The summed E-state index contributed by atoms with van der Waals surface area (Å²) in [5.74, 6) is 0.949. The Hall–Kier alpha value is -0.340. The lowest BCUT2D eigenvalue weighted by Gasteiger charge is -2.17. The molecule has 0 bridgehead atoms. The molecule has 1 unspecified atom stereocenters. The van der Waals surface area contributed by atoms with E-state index in [2.05, 4.69) is 18.3 Å². The molecule has 0 spiro atoms. The summed E-state index contributed by atoms with van der Waals surface area (Å²) in [4.78, 5) is 0. The number of rotatable bonds is 4. The molecule has 2 rings (SSSR count). The molecule has 13 heavy (non-hydrogen) atoms. The molecule has 0 aromatic rings. The van der Waals surface area contributed by atoms with Crippen molar-refractivity contribution < 1.29 is 4.74 Å². The van der Waals surface area contributed by atoms with Crippen LogP contribution in [0.25, 0.3) is 0 Å². The van der Waals surface area contributed by atoms with Gasteiger partial charge in [0.15, 0.2) is 0 Å². The SMILES string of the molecule is CC(NCC1=CCCOC1)C1CC1. The van der Waals surface area contributed by atoms with E-state index in [1.165, 1.54) is 18.4 Å². The summed E-state index contributed by atoms with van der Waals surface area (Å²) in [7, 11) is 0. The van der Waals surface area contributed by atoms with Crippen LogP contribution >= 0.6 is 0 Å². The van der Waals surface area contributed by atoms with Crippen molar-refractivity contribution in [3.63, 3.8) is 0 Å². The molecular formula is C11H19NO. The Morgan fingerprint density at radius 1 is 1.62 bits per heavy atom. The first-order valence-electron chi connectivity index (χ1n) is 5.35. The lowest BCUT2D eigenvalue weighted by atomic mass is 10.1. The highest BCUT2D eigenvalue weighted by Crippen LogP contribution is 2.32. The molecule has 2 heteroatoms. The lowest BCUT2D eigenvalue weighted by molar-refractivity contribution is 0.148. The molecule has 0 radical (unpaired) electrons. The minimum atomic E-state index is 0.697. The first kappa shape index (κ1) is 9.22. The molecule has 1 aliphatic carbocycles. The van der Waals surface area contributed by atoms with Gasteiger partial charge in [-0.25, -0.2) is 0 Å². The Kier molecular flexibility index (Phi) is 3.01. The minimum Gasteiger partial charge on any atom is -0.377 e. The third-order valence-corrected chi connectivity index (χ3v) is 2.96. The number of hydrogen-bond donors (Lipinski definition) is 1. The number of ether oxygens (including phenoxy) is 1. The molecule has 1 N–H and O–H groups in total. The predicted octanol–water partition coefficient (Wildman–Crippen LogP) is 1.72. The van der Waals surface area contributed by atoms with Crippen LogP contribution in [-0.2, 0) is 4.74 Å². The standard InChI is InChI=1S/C11H19NO/c1-9(11-4-5-11)12-7-10-3-2-6-13-8-10/h3,9,11-12H,2,4-8H2,1H3. The van der Waals surface area contributed by atoms with Crippen LogP contribution in [0.5, 0.6) is 0 Å². The van der Waals surface area contributed by atoms with Crippen molar-refractivity contribution in [3.05, 3.63) is 11.6 Å². The first-order valence-corrected chi connectivity index (χ1v) is 5.35. The van der Waals surface area contributed by atoms with Crippen molar-refractivity contribution in [3.8, 4) is 0 Å². The van der Waals surface area contributed by atoms with E-state index in [0.717, 1.165) is 32.1 Å². The van der Waals surface area contributed by atoms with Crippen LogP contribution in [0.1, 0.15) is 26.2 Å². The van der Waals surface area contributed by atoms with Crippen molar-refractivity contribution in [1.82, 2.24) is 5.32 Å². The summed E-state index contributed by atoms with van der Waals surface area (Å²) < 4.78 is 5.38.